The molecule has 0 bridgehead atoms. The van der Waals surface area contributed by atoms with Gasteiger partial charge in [-0.1, -0.05) is 44.6 Å². The summed E-state index contributed by atoms with van der Waals surface area (Å²) in [5.41, 5.74) is 1.14. The second kappa shape index (κ2) is 14.4. The number of methoxy groups -OCH3 is 4. The van der Waals surface area contributed by atoms with Gasteiger partial charge in [0, 0.05) is 40.8 Å². The van der Waals surface area contributed by atoms with Crippen molar-refractivity contribution in [1.82, 2.24) is 0 Å². The van der Waals surface area contributed by atoms with Gasteiger partial charge in [0.25, 0.3) is 0 Å². The Morgan fingerprint density at radius 3 is 2.06 bits per heavy atom. The fourth-order valence-electron chi connectivity index (χ4n) is 4.61. The highest BCUT2D eigenvalue weighted by atomic mass is 16.6. The van der Waals surface area contributed by atoms with Crippen molar-refractivity contribution in [3.8, 4) is 0 Å². The molecule has 2 N–H and O–H groups in total. The molecule has 182 valence electrons. The third kappa shape index (κ3) is 8.95. The molecule has 0 aromatic heterocycles. The summed E-state index contributed by atoms with van der Waals surface area (Å²) in [5.74, 6) is 1.47. The van der Waals surface area contributed by atoms with Crippen molar-refractivity contribution in [3.05, 3.63) is 23.8 Å². The summed E-state index contributed by atoms with van der Waals surface area (Å²) in [4.78, 5) is 0. The number of ether oxygens (including phenoxy) is 4. The van der Waals surface area contributed by atoms with Gasteiger partial charge in [-0.15, -0.1) is 0 Å². The summed E-state index contributed by atoms with van der Waals surface area (Å²) in [6, 6.07) is 0. The maximum absolute atomic E-state index is 10.8. The lowest BCUT2D eigenvalue weighted by molar-refractivity contribution is -0.126. The van der Waals surface area contributed by atoms with Gasteiger partial charge in [-0.05, 0) is 43.9 Å². The molecular formula is C25H46O6. The highest BCUT2D eigenvalue weighted by Gasteiger charge is 2.48. The Kier molecular flexibility index (Phi) is 13.1. The Morgan fingerprint density at radius 2 is 1.55 bits per heavy atom. The van der Waals surface area contributed by atoms with Crippen LogP contribution >= 0.6 is 0 Å². The molecule has 31 heavy (non-hydrogen) atoms. The van der Waals surface area contributed by atoms with Crippen LogP contribution in [-0.4, -0.2) is 69.4 Å². The van der Waals surface area contributed by atoms with E-state index in [1.54, 1.807) is 21.3 Å². The topological polar surface area (TPSA) is 77.4 Å². The molecular weight excluding hydrogens is 396 g/mol. The van der Waals surface area contributed by atoms with Crippen molar-refractivity contribution in [2.24, 2.45) is 23.7 Å². The summed E-state index contributed by atoms with van der Waals surface area (Å²) in [5, 5.41) is 20.5. The molecule has 6 heteroatoms. The SMILES string of the molecule is CCC(OC)C(C)C1CC1C(O)C(C)/C=C/C=C(\C)C[C@H](OC)C(C[C@@H](O)OC)OC. The molecule has 0 spiro atoms. The molecule has 0 heterocycles. The number of aliphatic hydroxyl groups excluding tert-OH is 2. The van der Waals surface area contributed by atoms with Crippen molar-refractivity contribution >= 4 is 0 Å². The molecule has 1 fully saturated rings. The second-order valence-corrected chi connectivity index (χ2v) is 9.03. The monoisotopic (exact) mass is 442 g/mol. The highest BCUT2D eigenvalue weighted by molar-refractivity contribution is 5.13. The van der Waals surface area contributed by atoms with Crippen LogP contribution in [0.25, 0.3) is 0 Å². The number of hydrogen-bond acceptors (Lipinski definition) is 6. The van der Waals surface area contributed by atoms with Gasteiger partial charge in [-0.3, -0.25) is 0 Å². The van der Waals surface area contributed by atoms with Gasteiger partial charge in [0.1, 0.15) is 0 Å². The molecule has 0 amide bonds. The van der Waals surface area contributed by atoms with Crippen LogP contribution in [0.4, 0.5) is 0 Å². The number of rotatable bonds is 16. The Labute approximate surface area is 189 Å². The standard InChI is InChI=1S/C25H46O6/c1-9-21(28-5)18(4)19-14-20(19)25(27)17(3)12-10-11-16(2)13-22(29-6)23(30-7)15-24(26)31-8/h10-12,17-27H,9,13-15H2,1-8H3/b12-10+,16-11+/t17?,18?,19?,20?,21?,22-,23?,24-,25?/m0/s1. The summed E-state index contributed by atoms with van der Waals surface area (Å²) >= 11 is 0. The normalized spacial score (nSPS) is 26.3. The van der Waals surface area contributed by atoms with E-state index in [-0.39, 0.29) is 30.3 Å². The van der Waals surface area contributed by atoms with Crippen LogP contribution in [0.1, 0.15) is 53.4 Å². The van der Waals surface area contributed by atoms with Gasteiger partial charge < -0.3 is 29.2 Å². The molecule has 1 aliphatic carbocycles. The minimum atomic E-state index is -0.875. The van der Waals surface area contributed by atoms with Crippen LogP contribution in [0, 0.1) is 23.7 Å². The number of aliphatic hydroxyl groups is 2. The van der Waals surface area contributed by atoms with Crippen LogP contribution in [-0.2, 0) is 18.9 Å². The lowest BCUT2D eigenvalue weighted by Crippen LogP contribution is -2.34. The second-order valence-electron chi connectivity index (χ2n) is 9.03. The maximum atomic E-state index is 10.8. The maximum Gasteiger partial charge on any atom is 0.156 e. The Hall–Kier alpha value is -0.760. The third-order valence-electron chi connectivity index (χ3n) is 6.88. The van der Waals surface area contributed by atoms with Gasteiger partial charge in [-0.25, -0.2) is 0 Å². The molecule has 0 saturated heterocycles. The summed E-state index contributed by atoms with van der Waals surface area (Å²) < 4.78 is 21.6. The zero-order valence-corrected chi connectivity index (χ0v) is 20.8. The van der Waals surface area contributed by atoms with Crippen LogP contribution < -0.4 is 0 Å². The van der Waals surface area contributed by atoms with E-state index in [0.29, 0.717) is 30.6 Å². The fraction of sp³-hybridized carbons (Fsp3) is 0.840. The Balaban J connectivity index is 2.58. The summed E-state index contributed by atoms with van der Waals surface area (Å²) in [6.07, 6.45) is 7.90. The molecule has 0 aromatic rings. The van der Waals surface area contributed by atoms with Crippen molar-refractivity contribution in [1.29, 1.82) is 0 Å². The van der Waals surface area contributed by atoms with Gasteiger partial charge in [0.15, 0.2) is 6.29 Å². The van der Waals surface area contributed by atoms with E-state index >= 15 is 0 Å². The molecule has 6 nitrogen and oxygen atoms in total. The largest absolute Gasteiger partial charge is 0.392 e. The van der Waals surface area contributed by atoms with E-state index in [0.717, 1.165) is 18.4 Å². The number of hydrogen-bond donors (Lipinski definition) is 2. The van der Waals surface area contributed by atoms with E-state index in [4.69, 9.17) is 18.9 Å². The molecule has 1 rings (SSSR count). The molecule has 0 radical (unpaired) electrons. The van der Waals surface area contributed by atoms with Crippen LogP contribution in [0.2, 0.25) is 0 Å². The van der Waals surface area contributed by atoms with Crippen LogP contribution in [0.3, 0.4) is 0 Å². The van der Waals surface area contributed by atoms with E-state index in [9.17, 15) is 10.2 Å². The first-order valence-corrected chi connectivity index (χ1v) is 11.5. The van der Waals surface area contributed by atoms with Gasteiger partial charge in [0.2, 0.25) is 0 Å². The average molecular weight is 443 g/mol. The third-order valence-corrected chi connectivity index (χ3v) is 6.88. The smallest absolute Gasteiger partial charge is 0.156 e. The predicted octanol–water partition coefficient (Wildman–Crippen LogP) is 3.96. The van der Waals surface area contributed by atoms with Gasteiger partial charge in [0.05, 0.1) is 24.4 Å². The van der Waals surface area contributed by atoms with E-state index < -0.39 is 6.29 Å². The van der Waals surface area contributed by atoms with E-state index in [1.165, 1.54) is 7.11 Å². The first kappa shape index (κ1) is 28.3. The minimum absolute atomic E-state index is 0.0932. The average Bonchev–Trinajstić information content (AvgIpc) is 3.56. The van der Waals surface area contributed by atoms with Crippen LogP contribution in [0.5, 0.6) is 0 Å². The Morgan fingerprint density at radius 1 is 0.935 bits per heavy atom. The molecule has 7 unspecified atom stereocenters. The molecule has 1 saturated carbocycles. The first-order chi connectivity index (χ1) is 14.7. The first-order valence-electron chi connectivity index (χ1n) is 11.5. The lowest BCUT2D eigenvalue weighted by atomic mass is 9.91. The van der Waals surface area contributed by atoms with Crippen molar-refractivity contribution < 1.29 is 29.2 Å². The Bertz CT molecular complexity index is 544. The van der Waals surface area contributed by atoms with Gasteiger partial charge >= 0.3 is 0 Å². The van der Waals surface area contributed by atoms with Crippen molar-refractivity contribution in [3.63, 3.8) is 0 Å². The fourth-order valence-corrected chi connectivity index (χ4v) is 4.61. The molecule has 1 aliphatic rings. The zero-order valence-electron chi connectivity index (χ0n) is 20.8. The highest BCUT2D eigenvalue weighted by Crippen LogP contribution is 2.49. The predicted molar refractivity (Wildman–Crippen MR) is 124 cm³/mol. The van der Waals surface area contributed by atoms with E-state index in [2.05, 4.69) is 32.9 Å². The number of allylic oxidation sites excluding steroid dienone is 2. The summed E-state index contributed by atoms with van der Waals surface area (Å²) in [6.45, 7) is 8.52. The quantitative estimate of drug-likeness (QED) is 0.278. The zero-order chi connectivity index (χ0) is 23.6. The lowest BCUT2D eigenvalue weighted by Gasteiger charge is -2.26. The molecule has 9 atom stereocenters. The van der Waals surface area contributed by atoms with Crippen molar-refractivity contribution in [2.45, 2.75) is 84.1 Å². The minimum Gasteiger partial charge on any atom is -0.392 e. The van der Waals surface area contributed by atoms with E-state index in [1.807, 2.05) is 13.0 Å². The van der Waals surface area contributed by atoms with Gasteiger partial charge in [-0.2, -0.15) is 0 Å². The molecule has 0 aromatic carbocycles. The molecule has 0 aliphatic heterocycles. The van der Waals surface area contributed by atoms with Crippen LogP contribution in [0.15, 0.2) is 23.8 Å². The summed E-state index contributed by atoms with van der Waals surface area (Å²) in [7, 11) is 6.51. The van der Waals surface area contributed by atoms with Crippen molar-refractivity contribution in [2.75, 3.05) is 28.4 Å².